The molecule has 0 saturated heterocycles. The second-order valence-corrected chi connectivity index (χ2v) is 15.9. The Morgan fingerprint density at radius 3 is 1.49 bits per heavy atom. The van der Waals surface area contributed by atoms with Crippen molar-refractivity contribution in [2.75, 3.05) is 145 Å². The van der Waals surface area contributed by atoms with Gasteiger partial charge in [-0.25, -0.2) is 23.7 Å². The maximum absolute atomic E-state index is 13.6. The highest BCUT2D eigenvalue weighted by Crippen LogP contribution is 2.31. The average molecular weight is 1090 g/mol. The molecule has 4 rings (SSSR count). The van der Waals surface area contributed by atoms with Crippen LogP contribution in [0.15, 0.2) is 47.2 Å². The number of rotatable bonds is 40. The standard InChI is InChI=1S/C49H66F4N6O14.C2H6O/c1-2-7-55-49(62)37-28-36-4-3-35(29-41(36)59-42(54)30-37)38-32-56-43(57-33-38)34-58-44(60)5-8-63-10-12-65-14-16-67-18-20-69-22-24-71-26-27-72-25-23-70-21-19-68-17-15-66-13-11-64-9-6-45(61)73-48-46(52)39(50)31-40(51)47(48)53;1-2-3/h3-4,28-29,31-33H,2,5-27,30,34H2,1H3,(H2,54,59)(H,55,62)(H,58,60);3H,2H2,1H3. The largest absolute Gasteiger partial charge is 0.420 e. The van der Waals surface area contributed by atoms with Crippen LogP contribution in [0.3, 0.4) is 0 Å². The lowest BCUT2D eigenvalue weighted by molar-refractivity contribution is -0.136. The molecule has 1 aliphatic rings. The lowest BCUT2D eigenvalue weighted by Gasteiger charge is -2.09. The smallest absolute Gasteiger partial charge is 0.313 e. The fourth-order valence-electron chi connectivity index (χ4n) is 6.14. The number of halogens is 4. The average Bonchev–Trinajstić information content (AvgIpc) is 3.59. The van der Waals surface area contributed by atoms with Crippen molar-refractivity contribution < 1.29 is 89.2 Å². The van der Waals surface area contributed by atoms with Crippen LogP contribution in [-0.2, 0) is 68.3 Å². The van der Waals surface area contributed by atoms with E-state index in [1.165, 1.54) is 0 Å². The summed E-state index contributed by atoms with van der Waals surface area (Å²) in [4.78, 5) is 49.9. The predicted molar refractivity (Wildman–Crippen MR) is 269 cm³/mol. The summed E-state index contributed by atoms with van der Waals surface area (Å²) in [5, 5.41) is 13.3. The second-order valence-electron chi connectivity index (χ2n) is 15.9. The number of esters is 1. The van der Waals surface area contributed by atoms with Gasteiger partial charge in [0.2, 0.25) is 29.2 Å². The molecule has 0 radical (unpaired) electrons. The Bertz CT molecular complexity index is 2170. The van der Waals surface area contributed by atoms with E-state index in [1.54, 1.807) is 19.3 Å². The van der Waals surface area contributed by atoms with Crippen LogP contribution in [0, 0.1) is 23.3 Å². The number of hydrogen-bond donors (Lipinski definition) is 4. The number of aliphatic hydroxyl groups excluding tert-OH is 1. The van der Waals surface area contributed by atoms with E-state index in [4.69, 9.17) is 58.2 Å². The zero-order chi connectivity index (χ0) is 55.0. The molecule has 0 unspecified atom stereocenters. The Labute approximate surface area is 440 Å². The van der Waals surface area contributed by atoms with Crippen LogP contribution in [0.1, 0.15) is 50.9 Å². The summed E-state index contributed by atoms with van der Waals surface area (Å²) in [6.07, 6.45) is 6.05. The van der Waals surface area contributed by atoms with Crippen LogP contribution in [0.4, 0.5) is 23.2 Å². The molecule has 424 valence electrons. The van der Waals surface area contributed by atoms with Gasteiger partial charge >= 0.3 is 5.97 Å². The van der Waals surface area contributed by atoms with Crippen LogP contribution in [0.25, 0.3) is 17.2 Å². The van der Waals surface area contributed by atoms with Gasteiger partial charge < -0.3 is 73.6 Å². The van der Waals surface area contributed by atoms with E-state index in [0.717, 1.165) is 23.1 Å². The third kappa shape index (κ3) is 28.0. The quantitative estimate of drug-likeness (QED) is 0.0205. The van der Waals surface area contributed by atoms with E-state index in [9.17, 15) is 31.9 Å². The molecule has 2 heterocycles. The van der Waals surface area contributed by atoms with E-state index in [0.29, 0.717) is 129 Å². The maximum atomic E-state index is 13.6. The van der Waals surface area contributed by atoms with Crippen molar-refractivity contribution in [1.82, 2.24) is 20.6 Å². The number of nitrogens with zero attached hydrogens (tertiary/aromatic N) is 3. The zero-order valence-corrected chi connectivity index (χ0v) is 43.2. The number of amides is 2. The minimum absolute atomic E-state index is 0.0138. The van der Waals surface area contributed by atoms with Crippen molar-refractivity contribution in [2.24, 2.45) is 10.7 Å². The lowest BCUT2D eigenvalue weighted by Crippen LogP contribution is -2.27. The van der Waals surface area contributed by atoms with E-state index < -0.39 is 41.4 Å². The predicted octanol–water partition coefficient (Wildman–Crippen LogP) is 4.17. The van der Waals surface area contributed by atoms with Crippen LogP contribution >= 0.6 is 0 Å². The third-order valence-electron chi connectivity index (χ3n) is 9.86. The molecule has 1 aromatic heterocycles. The number of nitrogens with two attached hydrogens (primary N) is 1. The molecule has 3 aromatic rings. The molecular weight excluding hydrogens is 1010 g/mol. The minimum atomic E-state index is -1.80. The molecule has 25 heteroatoms. The molecule has 0 atom stereocenters. The summed E-state index contributed by atoms with van der Waals surface area (Å²) >= 11 is 0. The van der Waals surface area contributed by atoms with E-state index in [1.807, 2.05) is 31.2 Å². The van der Waals surface area contributed by atoms with Gasteiger partial charge in [0.25, 0.3) is 0 Å². The lowest BCUT2D eigenvalue weighted by atomic mass is 10.0. The fourth-order valence-corrected chi connectivity index (χ4v) is 6.14. The monoisotopic (exact) mass is 1080 g/mol. The number of amidine groups is 1. The van der Waals surface area contributed by atoms with Gasteiger partial charge in [0, 0.05) is 61.2 Å². The molecule has 0 spiro atoms. The Morgan fingerprint density at radius 2 is 1.04 bits per heavy atom. The molecule has 2 amide bonds. The number of carbonyl (C=O) groups excluding carboxylic acids is 3. The van der Waals surface area contributed by atoms with Crippen LogP contribution in [-0.4, -0.2) is 184 Å². The summed E-state index contributed by atoms with van der Waals surface area (Å²) in [6.45, 7) is 11.2. The summed E-state index contributed by atoms with van der Waals surface area (Å²) in [6, 6.07) is 5.69. The first-order valence-corrected chi connectivity index (χ1v) is 24.9. The number of ether oxygens (including phenoxy) is 11. The topological polar surface area (TPSA) is 261 Å². The first kappa shape index (κ1) is 64.7. The Morgan fingerprint density at radius 1 is 0.605 bits per heavy atom. The highest BCUT2D eigenvalue weighted by molar-refractivity contribution is 6.05. The normalized spacial score (nSPS) is 12.0. The van der Waals surface area contributed by atoms with Gasteiger partial charge in [-0.05, 0) is 31.1 Å². The Hall–Kier alpha value is -5.58. The van der Waals surface area contributed by atoms with E-state index >= 15 is 0 Å². The summed E-state index contributed by atoms with van der Waals surface area (Å²) in [5.74, 6) is -9.06. The molecule has 0 fully saturated rings. The van der Waals surface area contributed by atoms with Gasteiger partial charge in [-0.3, -0.25) is 14.4 Å². The van der Waals surface area contributed by atoms with Crippen LogP contribution in [0.2, 0.25) is 0 Å². The van der Waals surface area contributed by atoms with Gasteiger partial charge in [0.05, 0.1) is 151 Å². The number of aliphatic hydroxyl groups is 1. The Balaban J connectivity index is 0.00000495. The van der Waals surface area contributed by atoms with E-state index in [2.05, 4.69) is 30.3 Å². The van der Waals surface area contributed by atoms with Crippen molar-refractivity contribution in [3.63, 3.8) is 0 Å². The van der Waals surface area contributed by atoms with Gasteiger partial charge in [-0.2, -0.15) is 8.78 Å². The first-order chi connectivity index (χ1) is 37.0. The molecular formula is C51H72F4N6O15. The number of carbonyl (C=O) groups is 3. The third-order valence-corrected chi connectivity index (χ3v) is 9.86. The number of fused-ring (bicyclic) bond motifs is 1. The summed E-state index contributed by atoms with van der Waals surface area (Å²) in [5.41, 5.74) is 9.74. The number of benzene rings is 2. The highest BCUT2D eigenvalue weighted by Gasteiger charge is 2.23. The van der Waals surface area contributed by atoms with Crippen molar-refractivity contribution in [3.8, 4) is 16.9 Å². The van der Waals surface area contributed by atoms with E-state index in [-0.39, 0.29) is 76.9 Å². The van der Waals surface area contributed by atoms with Crippen LogP contribution in [0.5, 0.6) is 5.75 Å². The van der Waals surface area contributed by atoms with Crippen molar-refractivity contribution in [3.05, 3.63) is 76.9 Å². The first-order valence-electron chi connectivity index (χ1n) is 24.9. The molecule has 0 aliphatic carbocycles. The molecule has 76 heavy (non-hydrogen) atoms. The number of aromatic nitrogens is 2. The summed E-state index contributed by atoms with van der Waals surface area (Å²) < 4.78 is 112. The van der Waals surface area contributed by atoms with Crippen molar-refractivity contribution in [2.45, 2.75) is 46.1 Å². The molecule has 2 aromatic carbocycles. The van der Waals surface area contributed by atoms with Gasteiger partial charge in [-0.15, -0.1) is 0 Å². The number of nitrogens with one attached hydrogen (secondary N) is 2. The van der Waals surface area contributed by atoms with Crippen LogP contribution < -0.4 is 21.1 Å². The Kier molecular flexibility index (Phi) is 34.6. The van der Waals surface area contributed by atoms with Gasteiger partial charge in [0.1, 0.15) is 11.7 Å². The molecule has 21 nitrogen and oxygen atoms in total. The highest BCUT2D eigenvalue weighted by atomic mass is 19.2. The van der Waals surface area contributed by atoms with Crippen molar-refractivity contribution >= 4 is 35.4 Å². The van der Waals surface area contributed by atoms with Gasteiger partial charge in [-0.1, -0.05) is 19.1 Å². The number of hydrogen-bond acceptors (Lipinski definition) is 19. The minimum Gasteiger partial charge on any atom is -0.420 e. The molecule has 0 saturated carbocycles. The van der Waals surface area contributed by atoms with Gasteiger partial charge in [0.15, 0.2) is 11.6 Å². The maximum Gasteiger partial charge on any atom is 0.313 e. The zero-order valence-electron chi connectivity index (χ0n) is 43.2. The second kappa shape index (κ2) is 40.6. The molecule has 1 aliphatic heterocycles. The molecule has 0 bridgehead atoms. The van der Waals surface area contributed by atoms with Crippen molar-refractivity contribution in [1.29, 1.82) is 0 Å². The molecule has 5 N–H and O–H groups in total. The summed E-state index contributed by atoms with van der Waals surface area (Å²) in [7, 11) is 0. The number of aliphatic imine (C=N–C) groups is 1. The SMILES string of the molecule is CCCNC(=O)C1=Cc2ccc(-c3cnc(CNC(=O)CCOCCOCCOCCOCCOCCOCCOCCOCCOCCOCCC(=O)Oc4c(F)c(F)cc(F)c4F)nc3)cc2N=C(N)C1.CCO. The fraction of sp³-hybridized carbons (Fsp3) is 0.569.